The second kappa shape index (κ2) is 1.22. The van der Waals surface area contributed by atoms with E-state index in [0.29, 0.717) is 6.10 Å². The summed E-state index contributed by atoms with van der Waals surface area (Å²) in [5, 5.41) is 0. The van der Waals surface area contributed by atoms with E-state index in [1.165, 1.54) is 19.3 Å². The van der Waals surface area contributed by atoms with Gasteiger partial charge >= 0.3 is 0 Å². The van der Waals surface area contributed by atoms with Gasteiger partial charge in [-0.25, -0.2) is 0 Å². The molecule has 1 heteroatoms. The van der Waals surface area contributed by atoms with Crippen molar-refractivity contribution in [2.75, 3.05) is 6.61 Å². The Bertz CT molecular complexity index is 70.2. The summed E-state index contributed by atoms with van der Waals surface area (Å²) in [6.07, 6.45) is 4.81. The van der Waals surface area contributed by atoms with Crippen LogP contribution in [-0.4, -0.2) is 12.7 Å². The van der Waals surface area contributed by atoms with Gasteiger partial charge in [0, 0.05) is 6.61 Å². The summed E-state index contributed by atoms with van der Waals surface area (Å²) in [7, 11) is 0. The van der Waals surface area contributed by atoms with Crippen molar-refractivity contribution in [2.45, 2.75) is 25.4 Å². The Kier molecular flexibility index (Phi) is 0.680. The molecule has 2 aliphatic rings. The van der Waals surface area contributed by atoms with Gasteiger partial charge in [-0.3, -0.25) is 0 Å². The average Bonchev–Trinajstić information content (AvgIpc) is 2.41. The third kappa shape index (κ3) is 0.556. The monoisotopic (exact) mass is 98.1 g/mol. The molecule has 2 rings (SSSR count). The molecule has 1 nitrogen and oxygen atoms in total. The van der Waals surface area contributed by atoms with Crippen LogP contribution in [0.15, 0.2) is 0 Å². The first-order valence-electron chi connectivity index (χ1n) is 3.08. The lowest BCUT2D eigenvalue weighted by atomic mass is 10.2. The maximum atomic E-state index is 5.35. The molecule has 40 valence electrons. The second-order valence-corrected chi connectivity index (χ2v) is 2.55. The van der Waals surface area contributed by atoms with Crippen LogP contribution in [0, 0.1) is 5.92 Å². The topological polar surface area (TPSA) is 9.23 Å². The molecule has 0 aromatic rings. The fourth-order valence-electron chi connectivity index (χ4n) is 1.31. The Hall–Kier alpha value is -0.0400. The highest BCUT2D eigenvalue weighted by Gasteiger charge is 2.39. The first-order chi connectivity index (χ1) is 3.47. The van der Waals surface area contributed by atoms with Gasteiger partial charge in [-0.05, 0) is 25.2 Å². The molecule has 1 saturated carbocycles. The van der Waals surface area contributed by atoms with Gasteiger partial charge in [0.05, 0.1) is 6.10 Å². The lowest BCUT2D eigenvalue weighted by Crippen LogP contribution is -2.05. The number of rotatable bonds is 0. The lowest BCUT2D eigenvalue weighted by molar-refractivity contribution is 0.0798. The minimum Gasteiger partial charge on any atom is -0.378 e. The maximum Gasteiger partial charge on any atom is 0.0607 e. The quantitative estimate of drug-likeness (QED) is 0.442. The van der Waals surface area contributed by atoms with Crippen molar-refractivity contribution in [1.29, 1.82) is 0 Å². The number of fused-ring (bicyclic) bond motifs is 1. The van der Waals surface area contributed by atoms with E-state index in [1.54, 1.807) is 0 Å². The third-order valence-electron chi connectivity index (χ3n) is 1.91. The molecule has 0 unspecified atom stereocenters. The van der Waals surface area contributed by atoms with Gasteiger partial charge in [-0.1, -0.05) is 0 Å². The number of hydrogen-bond acceptors (Lipinski definition) is 1. The standard InChI is InChI=1S/C6H10O/c1-2-5-4-6(5)7-3-1/h5-6H,1-4H2/t5-,6+/m1/s1. The molecule has 7 heavy (non-hydrogen) atoms. The minimum atomic E-state index is 0.703. The van der Waals surface area contributed by atoms with Gasteiger partial charge in [0.25, 0.3) is 0 Å². The Morgan fingerprint density at radius 3 is 3.00 bits per heavy atom. The summed E-state index contributed by atoms with van der Waals surface area (Å²) in [6.45, 7) is 1.03. The molecule has 1 saturated heterocycles. The van der Waals surface area contributed by atoms with Crippen molar-refractivity contribution in [2.24, 2.45) is 5.92 Å². The number of ether oxygens (including phenoxy) is 1. The van der Waals surface area contributed by atoms with Gasteiger partial charge in [0.2, 0.25) is 0 Å². The molecule has 2 atom stereocenters. The molecule has 1 aliphatic heterocycles. The predicted molar refractivity (Wildman–Crippen MR) is 27.1 cm³/mol. The van der Waals surface area contributed by atoms with Gasteiger partial charge in [-0.2, -0.15) is 0 Å². The van der Waals surface area contributed by atoms with Crippen LogP contribution in [0.3, 0.4) is 0 Å². The van der Waals surface area contributed by atoms with E-state index in [4.69, 9.17) is 4.74 Å². The van der Waals surface area contributed by atoms with E-state index in [-0.39, 0.29) is 0 Å². The third-order valence-corrected chi connectivity index (χ3v) is 1.91. The molecule has 0 spiro atoms. The first-order valence-corrected chi connectivity index (χ1v) is 3.08. The van der Waals surface area contributed by atoms with Gasteiger partial charge in [-0.15, -0.1) is 0 Å². The van der Waals surface area contributed by atoms with Crippen LogP contribution < -0.4 is 0 Å². The van der Waals surface area contributed by atoms with Crippen LogP contribution >= 0.6 is 0 Å². The largest absolute Gasteiger partial charge is 0.378 e. The maximum absolute atomic E-state index is 5.35. The Morgan fingerprint density at radius 1 is 1.43 bits per heavy atom. The summed E-state index contributed by atoms with van der Waals surface area (Å²) in [4.78, 5) is 0. The zero-order valence-electron chi connectivity index (χ0n) is 4.39. The lowest BCUT2D eigenvalue weighted by Gasteiger charge is -2.07. The minimum absolute atomic E-state index is 0.703. The zero-order chi connectivity index (χ0) is 4.69. The molecule has 0 aromatic carbocycles. The van der Waals surface area contributed by atoms with E-state index in [2.05, 4.69) is 0 Å². The van der Waals surface area contributed by atoms with Crippen molar-refractivity contribution in [3.8, 4) is 0 Å². The molecule has 2 fully saturated rings. The van der Waals surface area contributed by atoms with Crippen molar-refractivity contribution in [3.63, 3.8) is 0 Å². The molecule has 1 heterocycles. The Balaban J connectivity index is 1.95. The summed E-state index contributed by atoms with van der Waals surface area (Å²) in [5.74, 6) is 0.980. The molecule has 1 aliphatic carbocycles. The molecule has 0 amide bonds. The van der Waals surface area contributed by atoms with E-state index in [1.807, 2.05) is 0 Å². The van der Waals surface area contributed by atoms with Crippen LogP contribution in [0.4, 0.5) is 0 Å². The van der Waals surface area contributed by atoms with Crippen molar-refractivity contribution >= 4 is 0 Å². The summed E-state index contributed by atoms with van der Waals surface area (Å²) >= 11 is 0. The van der Waals surface area contributed by atoms with Crippen LogP contribution in [-0.2, 0) is 4.74 Å². The van der Waals surface area contributed by atoms with Crippen LogP contribution in [0.2, 0.25) is 0 Å². The molecule has 0 N–H and O–H groups in total. The van der Waals surface area contributed by atoms with Crippen molar-refractivity contribution in [3.05, 3.63) is 0 Å². The highest BCUT2D eigenvalue weighted by Crippen LogP contribution is 2.40. The Labute approximate surface area is 43.7 Å². The molecule has 0 aromatic heterocycles. The highest BCUT2D eigenvalue weighted by molar-refractivity contribution is 4.89. The summed E-state index contributed by atoms with van der Waals surface area (Å²) in [5.41, 5.74) is 0. The Morgan fingerprint density at radius 2 is 2.43 bits per heavy atom. The van der Waals surface area contributed by atoms with Crippen molar-refractivity contribution in [1.82, 2.24) is 0 Å². The SMILES string of the molecule is C1CO[C@H]2C[C@H]2C1. The fourth-order valence-corrected chi connectivity index (χ4v) is 1.31. The summed E-state index contributed by atoms with van der Waals surface area (Å²) < 4.78 is 5.35. The molecular weight excluding hydrogens is 88.1 g/mol. The van der Waals surface area contributed by atoms with Crippen LogP contribution in [0.5, 0.6) is 0 Å². The van der Waals surface area contributed by atoms with E-state index < -0.39 is 0 Å². The van der Waals surface area contributed by atoms with Crippen molar-refractivity contribution < 1.29 is 4.74 Å². The van der Waals surface area contributed by atoms with E-state index in [0.717, 1.165) is 12.5 Å². The molecule has 0 radical (unpaired) electrons. The highest BCUT2D eigenvalue weighted by atomic mass is 16.5. The summed E-state index contributed by atoms with van der Waals surface area (Å²) in [6, 6.07) is 0. The van der Waals surface area contributed by atoms with Crippen LogP contribution in [0.25, 0.3) is 0 Å². The van der Waals surface area contributed by atoms with E-state index in [9.17, 15) is 0 Å². The smallest absolute Gasteiger partial charge is 0.0607 e. The van der Waals surface area contributed by atoms with Gasteiger partial charge in [0.15, 0.2) is 0 Å². The first kappa shape index (κ1) is 3.90. The second-order valence-electron chi connectivity index (χ2n) is 2.55. The van der Waals surface area contributed by atoms with Gasteiger partial charge in [0.1, 0.15) is 0 Å². The van der Waals surface area contributed by atoms with Gasteiger partial charge < -0.3 is 4.74 Å². The van der Waals surface area contributed by atoms with E-state index >= 15 is 0 Å². The molecule has 0 bridgehead atoms. The predicted octanol–water partition coefficient (Wildman–Crippen LogP) is 1.19. The van der Waals surface area contributed by atoms with Crippen LogP contribution in [0.1, 0.15) is 19.3 Å². The average molecular weight is 98.1 g/mol. The normalized spacial score (nSPS) is 48.0. The molecular formula is C6H10O. The fraction of sp³-hybridized carbons (Fsp3) is 1.00. The number of hydrogen-bond donors (Lipinski definition) is 0. The zero-order valence-corrected chi connectivity index (χ0v) is 4.39.